The van der Waals surface area contributed by atoms with Crippen LogP contribution in [0.3, 0.4) is 0 Å². The molecular weight excluding hydrogens is 348 g/mol. The van der Waals surface area contributed by atoms with Gasteiger partial charge in [0.15, 0.2) is 6.61 Å². The van der Waals surface area contributed by atoms with E-state index >= 15 is 0 Å². The standard InChI is InChI=1S/C20H18N2O3S/c23-19(21-13-18-7-4-12-26-18)14-25-17-10-8-16(9-11-17)22-20(24)15-5-2-1-3-6-15/h1-12H,13-14H2,(H,21,23)(H,22,24). The van der Waals surface area contributed by atoms with Crippen molar-refractivity contribution in [2.24, 2.45) is 0 Å². The summed E-state index contributed by atoms with van der Waals surface area (Å²) < 4.78 is 5.46. The van der Waals surface area contributed by atoms with E-state index in [4.69, 9.17) is 4.74 Å². The average Bonchev–Trinajstić information content (AvgIpc) is 3.20. The van der Waals surface area contributed by atoms with Gasteiger partial charge in [0.1, 0.15) is 5.75 Å². The number of benzene rings is 2. The summed E-state index contributed by atoms with van der Waals surface area (Å²) in [6.07, 6.45) is 0. The van der Waals surface area contributed by atoms with Crippen molar-refractivity contribution in [3.63, 3.8) is 0 Å². The molecule has 2 N–H and O–H groups in total. The fraction of sp³-hybridized carbons (Fsp3) is 0.100. The molecule has 0 atom stereocenters. The summed E-state index contributed by atoms with van der Waals surface area (Å²) in [6, 6.07) is 19.8. The molecule has 0 spiro atoms. The normalized spacial score (nSPS) is 10.2. The van der Waals surface area contributed by atoms with Crippen molar-refractivity contribution in [2.45, 2.75) is 6.54 Å². The Kier molecular flexibility index (Phi) is 6.01. The second kappa shape index (κ2) is 8.82. The maximum Gasteiger partial charge on any atom is 0.258 e. The molecule has 0 aliphatic rings. The van der Waals surface area contributed by atoms with Gasteiger partial charge in [0.05, 0.1) is 6.54 Å². The fourth-order valence-corrected chi connectivity index (χ4v) is 2.87. The van der Waals surface area contributed by atoms with Crippen molar-refractivity contribution >= 4 is 28.8 Å². The number of hydrogen-bond donors (Lipinski definition) is 2. The Morgan fingerprint density at radius 3 is 2.38 bits per heavy atom. The molecule has 132 valence electrons. The lowest BCUT2D eigenvalue weighted by Crippen LogP contribution is -2.28. The topological polar surface area (TPSA) is 67.4 Å². The first-order valence-corrected chi connectivity index (χ1v) is 8.97. The van der Waals surface area contributed by atoms with Gasteiger partial charge >= 0.3 is 0 Å². The highest BCUT2D eigenvalue weighted by Crippen LogP contribution is 2.16. The zero-order valence-corrected chi connectivity index (χ0v) is 14.8. The molecule has 0 unspecified atom stereocenters. The molecule has 2 aromatic carbocycles. The predicted octanol–water partition coefficient (Wildman–Crippen LogP) is 3.70. The summed E-state index contributed by atoms with van der Waals surface area (Å²) in [5, 5.41) is 7.58. The van der Waals surface area contributed by atoms with Gasteiger partial charge in [0, 0.05) is 16.1 Å². The highest BCUT2D eigenvalue weighted by molar-refractivity contribution is 7.09. The summed E-state index contributed by atoms with van der Waals surface area (Å²) in [4.78, 5) is 25.0. The Balaban J connectivity index is 1.45. The smallest absolute Gasteiger partial charge is 0.258 e. The molecule has 26 heavy (non-hydrogen) atoms. The van der Waals surface area contributed by atoms with Crippen molar-refractivity contribution in [3.8, 4) is 5.75 Å². The molecule has 5 nitrogen and oxygen atoms in total. The van der Waals surface area contributed by atoms with Gasteiger partial charge in [0.2, 0.25) is 0 Å². The number of carbonyl (C=O) groups is 2. The number of ether oxygens (including phenoxy) is 1. The Morgan fingerprint density at radius 2 is 1.69 bits per heavy atom. The molecular formula is C20H18N2O3S. The molecule has 0 aliphatic carbocycles. The van der Waals surface area contributed by atoms with E-state index in [-0.39, 0.29) is 18.4 Å². The SMILES string of the molecule is O=C(COc1ccc(NC(=O)c2ccccc2)cc1)NCc1cccs1. The van der Waals surface area contributed by atoms with Gasteiger partial charge in [-0.2, -0.15) is 0 Å². The maximum atomic E-state index is 12.1. The highest BCUT2D eigenvalue weighted by atomic mass is 32.1. The molecule has 0 bridgehead atoms. The van der Waals surface area contributed by atoms with Crippen LogP contribution in [0.15, 0.2) is 72.1 Å². The first-order chi connectivity index (χ1) is 12.7. The Hall–Kier alpha value is -3.12. The van der Waals surface area contributed by atoms with E-state index in [1.54, 1.807) is 47.7 Å². The van der Waals surface area contributed by atoms with Crippen LogP contribution in [0.4, 0.5) is 5.69 Å². The van der Waals surface area contributed by atoms with Gasteiger partial charge in [-0.05, 0) is 47.8 Å². The van der Waals surface area contributed by atoms with E-state index in [0.29, 0.717) is 23.5 Å². The van der Waals surface area contributed by atoms with Crippen molar-refractivity contribution in [1.29, 1.82) is 0 Å². The number of thiophene rings is 1. The van der Waals surface area contributed by atoms with E-state index in [2.05, 4.69) is 10.6 Å². The summed E-state index contributed by atoms with van der Waals surface area (Å²) in [5.74, 6) is 0.209. The lowest BCUT2D eigenvalue weighted by atomic mass is 10.2. The number of nitrogens with one attached hydrogen (secondary N) is 2. The summed E-state index contributed by atoms with van der Waals surface area (Å²) in [6.45, 7) is 0.450. The van der Waals surface area contributed by atoms with Gasteiger partial charge in [-0.15, -0.1) is 11.3 Å². The molecule has 0 aliphatic heterocycles. The third kappa shape index (κ3) is 5.19. The van der Waals surface area contributed by atoms with Crippen molar-refractivity contribution < 1.29 is 14.3 Å². The molecule has 0 saturated carbocycles. The third-order valence-corrected chi connectivity index (χ3v) is 4.43. The molecule has 0 fully saturated rings. The van der Waals surface area contributed by atoms with E-state index in [0.717, 1.165) is 4.88 Å². The second-order valence-electron chi connectivity index (χ2n) is 5.49. The molecule has 0 radical (unpaired) electrons. The van der Waals surface area contributed by atoms with Crippen LogP contribution < -0.4 is 15.4 Å². The highest BCUT2D eigenvalue weighted by Gasteiger charge is 2.06. The van der Waals surface area contributed by atoms with Crippen LogP contribution in [0.25, 0.3) is 0 Å². The number of amides is 2. The number of rotatable bonds is 7. The van der Waals surface area contributed by atoms with Crippen LogP contribution in [0.2, 0.25) is 0 Å². The van der Waals surface area contributed by atoms with Crippen molar-refractivity contribution in [3.05, 3.63) is 82.6 Å². The molecule has 3 aromatic rings. The maximum absolute atomic E-state index is 12.1. The number of hydrogen-bond acceptors (Lipinski definition) is 4. The number of anilines is 1. The molecule has 3 rings (SSSR count). The Labute approximate surface area is 155 Å². The summed E-state index contributed by atoms with van der Waals surface area (Å²) in [5.41, 5.74) is 1.25. The first-order valence-electron chi connectivity index (χ1n) is 8.09. The summed E-state index contributed by atoms with van der Waals surface area (Å²) in [7, 11) is 0. The zero-order valence-electron chi connectivity index (χ0n) is 14.0. The van der Waals surface area contributed by atoms with Gasteiger partial charge in [-0.1, -0.05) is 24.3 Å². The van der Waals surface area contributed by atoms with Gasteiger partial charge in [0.25, 0.3) is 11.8 Å². The quantitative estimate of drug-likeness (QED) is 0.670. The van der Waals surface area contributed by atoms with Crippen molar-refractivity contribution in [2.75, 3.05) is 11.9 Å². The van der Waals surface area contributed by atoms with Gasteiger partial charge in [-0.3, -0.25) is 9.59 Å². The van der Waals surface area contributed by atoms with Crippen LogP contribution in [-0.4, -0.2) is 18.4 Å². The third-order valence-electron chi connectivity index (χ3n) is 3.56. The first kappa shape index (κ1) is 17.7. The minimum atomic E-state index is -0.181. The van der Waals surface area contributed by atoms with E-state index in [1.807, 2.05) is 35.7 Å². The van der Waals surface area contributed by atoms with Gasteiger partial charge in [-0.25, -0.2) is 0 Å². The van der Waals surface area contributed by atoms with Crippen LogP contribution >= 0.6 is 11.3 Å². The molecule has 1 aromatic heterocycles. The number of carbonyl (C=O) groups excluding carboxylic acids is 2. The Morgan fingerprint density at radius 1 is 0.923 bits per heavy atom. The Bertz CT molecular complexity index is 847. The van der Waals surface area contributed by atoms with Crippen LogP contribution in [0.1, 0.15) is 15.2 Å². The van der Waals surface area contributed by atoms with E-state index in [9.17, 15) is 9.59 Å². The largest absolute Gasteiger partial charge is 0.484 e. The minimum absolute atomic E-state index is 0.0545. The molecule has 6 heteroatoms. The van der Waals surface area contributed by atoms with E-state index < -0.39 is 0 Å². The minimum Gasteiger partial charge on any atom is -0.484 e. The molecule has 0 saturated heterocycles. The lowest BCUT2D eigenvalue weighted by molar-refractivity contribution is -0.123. The second-order valence-corrected chi connectivity index (χ2v) is 6.52. The molecule has 1 heterocycles. The fourth-order valence-electron chi connectivity index (χ4n) is 2.23. The van der Waals surface area contributed by atoms with Crippen LogP contribution in [-0.2, 0) is 11.3 Å². The average molecular weight is 366 g/mol. The van der Waals surface area contributed by atoms with Crippen molar-refractivity contribution in [1.82, 2.24) is 5.32 Å². The monoisotopic (exact) mass is 366 g/mol. The lowest BCUT2D eigenvalue weighted by Gasteiger charge is -2.09. The predicted molar refractivity (Wildman–Crippen MR) is 102 cm³/mol. The molecule has 2 amide bonds. The van der Waals surface area contributed by atoms with Crippen LogP contribution in [0, 0.1) is 0 Å². The summed E-state index contributed by atoms with van der Waals surface area (Å²) >= 11 is 1.59. The van der Waals surface area contributed by atoms with Gasteiger partial charge < -0.3 is 15.4 Å². The zero-order chi connectivity index (χ0) is 18.2. The van der Waals surface area contributed by atoms with E-state index in [1.165, 1.54) is 0 Å². The van der Waals surface area contributed by atoms with Crippen LogP contribution in [0.5, 0.6) is 5.75 Å².